The van der Waals surface area contributed by atoms with E-state index in [4.69, 9.17) is 0 Å². The van der Waals surface area contributed by atoms with Gasteiger partial charge < -0.3 is 9.47 Å². The van der Waals surface area contributed by atoms with Gasteiger partial charge in [0.1, 0.15) is 0 Å². The molecule has 0 aliphatic rings. The summed E-state index contributed by atoms with van der Waals surface area (Å²) in [5, 5.41) is 7.61. The molecule has 0 saturated heterocycles. The van der Waals surface area contributed by atoms with Gasteiger partial charge >= 0.3 is 0 Å². The Bertz CT molecular complexity index is 3520. The maximum atomic E-state index is 2.42. The average Bonchev–Trinajstić information content (AvgIpc) is 3.88. The summed E-state index contributed by atoms with van der Waals surface area (Å²) < 4.78 is 5.00. The number of thiophene rings is 1. The Morgan fingerprint density at radius 2 is 0.803 bits per heavy atom. The predicted molar refractivity (Wildman–Crippen MR) is 262 cm³/mol. The molecule has 2 heterocycles. The molecule has 61 heavy (non-hydrogen) atoms. The van der Waals surface area contributed by atoms with Crippen molar-refractivity contribution in [2.75, 3.05) is 4.90 Å². The molecule has 0 fully saturated rings. The third-order valence-corrected chi connectivity index (χ3v) is 13.4. The first-order valence-electron chi connectivity index (χ1n) is 20.8. The van der Waals surface area contributed by atoms with Crippen molar-refractivity contribution in [3.8, 4) is 39.1 Å². The normalized spacial score (nSPS) is 11.6. The highest BCUT2D eigenvalue weighted by atomic mass is 32.1. The lowest BCUT2D eigenvalue weighted by molar-refractivity contribution is 1.18. The summed E-state index contributed by atoms with van der Waals surface area (Å²) in [7, 11) is 0. The van der Waals surface area contributed by atoms with E-state index in [1.807, 2.05) is 11.3 Å². The van der Waals surface area contributed by atoms with Crippen LogP contribution in [0.5, 0.6) is 0 Å². The Labute approximate surface area is 358 Å². The standard InChI is InChI=1S/C58H38N2S/c1-2-15-46-41(13-1)14-11-20-47(46)42-33-37-45(38-34-42)59(55-24-12-26-57-58(55)51-19-6-10-25-56(51)61-57)44-35-31-40(32-36-44)39-27-29-43(30-28-39)48-16-3-7-21-52(48)60-53-22-8-4-17-49(53)50-18-5-9-23-54(50)60/h1-38H. The molecule has 0 spiro atoms. The topological polar surface area (TPSA) is 8.17 Å². The molecular weight excluding hydrogens is 757 g/mol. The lowest BCUT2D eigenvalue weighted by atomic mass is 9.97. The van der Waals surface area contributed by atoms with Gasteiger partial charge in [0.15, 0.2) is 0 Å². The van der Waals surface area contributed by atoms with E-state index in [2.05, 4.69) is 240 Å². The van der Waals surface area contributed by atoms with E-state index >= 15 is 0 Å². The van der Waals surface area contributed by atoms with Crippen LogP contribution in [0.4, 0.5) is 17.1 Å². The van der Waals surface area contributed by atoms with Crippen LogP contribution in [0, 0.1) is 0 Å². The summed E-state index contributed by atoms with van der Waals surface area (Å²) in [6.07, 6.45) is 0. The molecule has 2 nitrogen and oxygen atoms in total. The van der Waals surface area contributed by atoms with E-state index in [0.717, 1.165) is 11.4 Å². The minimum atomic E-state index is 1.11. The number of benzene rings is 10. The van der Waals surface area contributed by atoms with Crippen LogP contribution in [0.15, 0.2) is 231 Å². The number of hydrogen-bond acceptors (Lipinski definition) is 2. The van der Waals surface area contributed by atoms with Crippen LogP contribution < -0.4 is 4.90 Å². The summed E-state index contributed by atoms with van der Waals surface area (Å²) in [5.74, 6) is 0. The van der Waals surface area contributed by atoms with Gasteiger partial charge in [-0.15, -0.1) is 11.3 Å². The van der Waals surface area contributed by atoms with Crippen molar-refractivity contribution in [3.63, 3.8) is 0 Å². The molecule has 0 aliphatic heterocycles. The quantitative estimate of drug-likeness (QED) is 0.156. The van der Waals surface area contributed by atoms with Crippen molar-refractivity contribution in [1.29, 1.82) is 0 Å². The number of fused-ring (bicyclic) bond motifs is 7. The van der Waals surface area contributed by atoms with Crippen LogP contribution >= 0.6 is 11.3 Å². The highest BCUT2D eigenvalue weighted by Crippen LogP contribution is 2.46. The van der Waals surface area contributed by atoms with E-state index in [-0.39, 0.29) is 0 Å². The van der Waals surface area contributed by atoms with Crippen LogP contribution in [-0.4, -0.2) is 4.57 Å². The largest absolute Gasteiger partial charge is 0.310 e. The van der Waals surface area contributed by atoms with Gasteiger partial charge in [0.05, 0.1) is 22.4 Å². The van der Waals surface area contributed by atoms with E-state index in [0.29, 0.717) is 0 Å². The third kappa shape index (κ3) is 5.93. The molecule has 0 atom stereocenters. The molecule has 0 unspecified atom stereocenters. The summed E-state index contributed by atoms with van der Waals surface area (Å²) in [4.78, 5) is 2.42. The first-order valence-corrected chi connectivity index (χ1v) is 21.7. The van der Waals surface area contributed by atoms with Crippen LogP contribution in [0.1, 0.15) is 0 Å². The fourth-order valence-corrected chi connectivity index (χ4v) is 10.5. The summed E-state index contributed by atoms with van der Waals surface area (Å²) in [6.45, 7) is 0. The van der Waals surface area contributed by atoms with Gasteiger partial charge in [0, 0.05) is 47.9 Å². The molecule has 286 valence electrons. The van der Waals surface area contributed by atoms with E-state index in [9.17, 15) is 0 Å². The Kier molecular flexibility index (Phi) is 8.39. The molecule has 3 heteroatoms. The second-order valence-electron chi connectivity index (χ2n) is 15.7. The van der Waals surface area contributed by atoms with E-state index in [1.165, 1.54) is 97.5 Å². The lowest BCUT2D eigenvalue weighted by Crippen LogP contribution is -2.10. The molecule has 0 N–H and O–H groups in total. The summed E-state index contributed by atoms with van der Waals surface area (Å²) in [5.41, 5.74) is 14.2. The first kappa shape index (κ1) is 35.2. The van der Waals surface area contributed by atoms with Crippen LogP contribution in [-0.2, 0) is 0 Å². The third-order valence-electron chi connectivity index (χ3n) is 12.2. The zero-order valence-corrected chi connectivity index (χ0v) is 34.1. The van der Waals surface area contributed by atoms with Crippen molar-refractivity contribution in [2.24, 2.45) is 0 Å². The molecule has 12 rings (SSSR count). The number of aromatic nitrogens is 1. The van der Waals surface area contributed by atoms with Crippen molar-refractivity contribution < 1.29 is 0 Å². The average molecular weight is 795 g/mol. The molecule has 10 aromatic carbocycles. The van der Waals surface area contributed by atoms with Crippen molar-refractivity contribution in [3.05, 3.63) is 231 Å². The van der Waals surface area contributed by atoms with Crippen LogP contribution in [0.25, 0.3) is 91.8 Å². The number of nitrogens with zero attached hydrogens (tertiary/aromatic N) is 2. The smallest absolute Gasteiger partial charge is 0.0554 e. The zero-order valence-electron chi connectivity index (χ0n) is 33.2. The van der Waals surface area contributed by atoms with Gasteiger partial charge in [0.2, 0.25) is 0 Å². The number of para-hydroxylation sites is 3. The maximum Gasteiger partial charge on any atom is 0.0554 e. The van der Waals surface area contributed by atoms with Gasteiger partial charge in [0.25, 0.3) is 0 Å². The van der Waals surface area contributed by atoms with Gasteiger partial charge in [-0.25, -0.2) is 0 Å². The fraction of sp³-hybridized carbons (Fsp3) is 0. The minimum absolute atomic E-state index is 1.11. The van der Waals surface area contributed by atoms with E-state index in [1.54, 1.807) is 0 Å². The second-order valence-corrected chi connectivity index (χ2v) is 16.8. The Hall–Kier alpha value is -7.72. The fourth-order valence-electron chi connectivity index (χ4n) is 9.38. The van der Waals surface area contributed by atoms with Crippen molar-refractivity contribution >= 4 is 81.1 Å². The molecule has 12 aromatic rings. The highest BCUT2D eigenvalue weighted by molar-refractivity contribution is 7.26. The monoisotopic (exact) mass is 794 g/mol. The Morgan fingerprint density at radius 3 is 1.52 bits per heavy atom. The number of anilines is 3. The number of rotatable bonds is 7. The minimum Gasteiger partial charge on any atom is -0.310 e. The summed E-state index contributed by atoms with van der Waals surface area (Å²) in [6, 6.07) is 84.1. The molecular formula is C58H38N2S. The molecule has 2 aromatic heterocycles. The molecule has 0 aliphatic carbocycles. The number of hydrogen-bond donors (Lipinski definition) is 0. The van der Waals surface area contributed by atoms with Crippen molar-refractivity contribution in [2.45, 2.75) is 0 Å². The Morgan fingerprint density at radius 1 is 0.328 bits per heavy atom. The van der Waals surface area contributed by atoms with Gasteiger partial charge in [-0.2, -0.15) is 0 Å². The lowest BCUT2D eigenvalue weighted by Gasteiger charge is -2.27. The molecule has 0 radical (unpaired) electrons. The van der Waals surface area contributed by atoms with E-state index < -0.39 is 0 Å². The second kappa shape index (κ2) is 14.5. The zero-order chi connectivity index (χ0) is 40.3. The highest BCUT2D eigenvalue weighted by Gasteiger charge is 2.20. The summed E-state index contributed by atoms with van der Waals surface area (Å²) >= 11 is 1.86. The predicted octanol–water partition coefficient (Wildman–Crippen LogP) is 16.8. The van der Waals surface area contributed by atoms with Crippen LogP contribution in [0.3, 0.4) is 0 Å². The molecule has 0 saturated carbocycles. The first-order chi connectivity index (χ1) is 30.3. The Balaban J connectivity index is 0.925. The SMILES string of the molecule is c1ccc(-n2c3ccccc3c3ccccc32)c(-c2ccc(-c3ccc(N(c4ccc(-c5cccc6ccccc56)cc4)c4cccc5sc6ccccc6c45)cc3)cc2)c1. The van der Waals surface area contributed by atoms with Gasteiger partial charge in [-0.1, -0.05) is 170 Å². The molecule has 0 bridgehead atoms. The van der Waals surface area contributed by atoms with Gasteiger partial charge in [-0.3, -0.25) is 0 Å². The molecule has 0 amide bonds. The van der Waals surface area contributed by atoms with Crippen molar-refractivity contribution in [1.82, 2.24) is 4.57 Å². The van der Waals surface area contributed by atoms with Crippen LogP contribution in [0.2, 0.25) is 0 Å². The maximum absolute atomic E-state index is 2.42. The van der Waals surface area contributed by atoms with Gasteiger partial charge in [-0.05, 0) is 99.3 Å².